The summed E-state index contributed by atoms with van der Waals surface area (Å²) in [5.41, 5.74) is -0.701. The summed E-state index contributed by atoms with van der Waals surface area (Å²) in [5.74, 6) is 0.249. The molecule has 1 heterocycles. The highest BCUT2D eigenvalue weighted by Gasteiger charge is 2.30. The van der Waals surface area contributed by atoms with Gasteiger partial charge in [-0.3, -0.25) is 4.79 Å². The van der Waals surface area contributed by atoms with E-state index in [-0.39, 0.29) is 11.4 Å². The lowest BCUT2D eigenvalue weighted by molar-refractivity contribution is -0.137. The van der Waals surface area contributed by atoms with E-state index >= 15 is 0 Å². The van der Waals surface area contributed by atoms with Crippen LogP contribution in [-0.4, -0.2) is 22.6 Å². The highest BCUT2D eigenvalue weighted by atomic mass is 19.4. The normalized spacial score (nSPS) is 11.1. The molecule has 5 nitrogen and oxygen atoms in total. The first kappa shape index (κ1) is 16.7. The van der Waals surface area contributed by atoms with E-state index in [1.807, 2.05) is 6.92 Å². The maximum Gasteiger partial charge on any atom is 0.416 e. The van der Waals surface area contributed by atoms with E-state index < -0.39 is 17.6 Å². The topological polar surface area (TPSA) is 66.9 Å². The molecule has 0 saturated heterocycles. The number of alkyl halides is 3. The van der Waals surface area contributed by atoms with Crippen molar-refractivity contribution in [3.8, 4) is 0 Å². The number of anilines is 2. The number of hydrogen-bond donors (Lipinski definition) is 2. The summed E-state index contributed by atoms with van der Waals surface area (Å²) in [6, 6.07) is 7.17. The minimum atomic E-state index is -4.43. The Kier molecular flexibility index (Phi) is 5.15. The molecule has 0 aliphatic heterocycles. The van der Waals surface area contributed by atoms with E-state index in [1.54, 1.807) is 12.1 Å². The third-order valence-electron chi connectivity index (χ3n) is 2.94. The van der Waals surface area contributed by atoms with Crippen molar-refractivity contribution in [3.63, 3.8) is 0 Å². The summed E-state index contributed by atoms with van der Waals surface area (Å²) in [7, 11) is 0. The minimum absolute atomic E-state index is 0.105. The number of hydrogen-bond acceptors (Lipinski definition) is 4. The Morgan fingerprint density at radius 3 is 2.17 bits per heavy atom. The van der Waals surface area contributed by atoms with E-state index in [9.17, 15) is 18.0 Å². The Bertz CT molecular complexity index is 654. The molecular weight excluding hydrogens is 309 g/mol. The Hall–Kier alpha value is -2.64. The van der Waals surface area contributed by atoms with Crippen LogP contribution < -0.4 is 10.6 Å². The van der Waals surface area contributed by atoms with Crippen molar-refractivity contribution in [1.29, 1.82) is 0 Å². The molecule has 122 valence electrons. The molecule has 0 aliphatic rings. The van der Waals surface area contributed by atoms with Gasteiger partial charge in [0.1, 0.15) is 5.82 Å². The number of aromatic nitrogens is 2. The molecule has 8 heteroatoms. The van der Waals surface area contributed by atoms with Crippen LogP contribution in [0.1, 0.15) is 29.3 Å². The van der Waals surface area contributed by atoms with Gasteiger partial charge in [-0.15, -0.1) is 10.2 Å². The summed E-state index contributed by atoms with van der Waals surface area (Å²) in [4.78, 5) is 12.0. The van der Waals surface area contributed by atoms with Gasteiger partial charge in [0.2, 0.25) is 0 Å². The summed E-state index contributed by atoms with van der Waals surface area (Å²) in [5, 5.41) is 13.2. The maximum atomic E-state index is 12.5. The number of rotatable bonds is 5. The van der Waals surface area contributed by atoms with Gasteiger partial charge in [0.05, 0.1) is 5.56 Å². The first-order valence-corrected chi connectivity index (χ1v) is 6.96. The van der Waals surface area contributed by atoms with Crippen LogP contribution in [0.15, 0.2) is 36.4 Å². The van der Waals surface area contributed by atoms with Gasteiger partial charge in [0, 0.05) is 12.1 Å². The summed E-state index contributed by atoms with van der Waals surface area (Å²) < 4.78 is 37.4. The van der Waals surface area contributed by atoms with Crippen LogP contribution in [0.4, 0.5) is 24.8 Å². The molecule has 0 radical (unpaired) electrons. The van der Waals surface area contributed by atoms with Gasteiger partial charge in [0.15, 0.2) is 5.82 Å². The third-order valence-corrected chi connectivity index (χ3v) is 2.94. The lowest BCUT2D eigenvalue weighted by Gasteiger charge is -2.08. The monoisotopic (exact) mass is 324 g/mol. The predicted molar refractivity (Wildman–Crippen MR) is 80.2 cm³/mol. The Labute approximate surface area is 130 Å². The fourth-order valence-corrected chi connectivity index (χ4v) is 1.75. The van der Waals surface area contributed by atoms with Crippen molar-refractivity contribution in [2.75, 3.05) is 17.2 Å². The zero-order valence-electron chi connectivity index (χ0n) is 12.3. The largest absolute Gasteiger partial charge is 0.416 e. The van der Waals surface area contributed by atoms with Crippen molar-refractivity contribution in [2.24, 2.45) is 0 Å². The number of halogens is 3. The lowest BCUT2D eigenvalue weighted by Crippen LogP contribution is -2.14. The number of nitrogens with one attached hydrogen (secondary N) is 2. The molecule has 0 bridgehead atoms. The zero-order valence-corrected chi connectivity index (χ0v) is 12.3. The average Bonchev–Trinajstić information content (AvgIpc) is 2.53. The standard InChI is InChI=1S/C15H15F3N4O/c1-2-9-19-12-7-8-13(22-21-12)20-14(23)10-3-5-11(6-4-10)15(16,17)18/h3-8H,2,9H2,1H3,(H,19,21)(H,20,22,23). The molecule has 0 saturated carbocycles. The van der Waals surface area contributed by atoms with Crippen LogP contribution in [0.3, 0.4) is 0 Å². The second kappa shape index (κ2) is 7.08. The molecule has 0 unspecified atom stereocenters. The molecule has 0 spiro atoms. The van der Waals surface area contributed by atoms with Gasteiger partial charge in [0.25, 0.3) is 5.91 Å². The summed E-state index contributed by atoms with van der Waals surface area (Å²) in [6.45, 7) is 2.77. The van der Waals surface area contributed by atoms with Crippen LogP contribution in [0.2, 0.25) is 0 Å². The van der Waals surface area contributed by atoms with E-state index in [2.05, 4.69) is 20.8 Å². The molecule has 2 N–H and O–H groups in total. The first-order chi connectivity index (χ1) is 10.9. The Morgan fingerprint density at radius 2 is 1.65 bits per heavy atom. The van der Waals surface area contributed by atoms with Crippen LogP contribution in [0, 0.1) is 0 Å². The second-order valence-electron chi connectivity index (χ2n) is 4.76. The zero-order chi connectivity index (χ0) is 16.9. The number of amides is 1. The van der Waals surface area contributed by atoms with E-state index in [0.717, 1.165) is 37.2 Å². The molecule has 0 atom stereocenters. The number of nitrogens with zero attached hydrogens (tertiary/aromatic N) is 2. The van der Waals surface area contributed by atoms with Crippen molar-refractivity contribution in [2.45, 2.75) is 19.5 Å². The van der Waals surface area contributed by atoms with Crippen molar-refractivity contribution >= 4 is 17.5 Å². The highest BCUT2D eigenvalue weighted by Crippen LogP contribution is 2.29. The molecule has 2 aromatic rings. The molecule has 1 amide bonds. The fourth-order valence-electron chi connectivity index (χ4n) is 1.75. The molecular formula is C15H15F3N4O. The van der Waals surface area contributed by atoms with E-state index in [0.29, 0.717) is 5.82 Å². The minimum Gasteiger partial charge on any atom is -0.369 e. The predicted octanol–water partition coefficient (Wildman–Crippen LogP) is 3.57. The lowest BCUT2D eigenvalue weighted by atomic mass is 10.1. The molecule has 0 fully saturated rings. The Morgan fingerprint density at radius 1 is 1.04 bits per heavy atom. The molecule has 0 aliphatic carbocycles. The van der Waals surface area contributed by atoms with Gasteiger partial charge in [-0.1, -0.05) is 6.92 Å². The van der Waals surface area contributed by atoms with Gasteiger partial charge < -0.3 is 10.6 Å². The summed E-state index contributed by atoms with van der Waals surface area (Å²) >= 11 is 0. The van der Waals surface area contributed by atoms with E-state index in [4.69, 9.17) is 0 Å². The van der Waals surface area contributed by atoms with Crippen molar-refractivity contribution < 1.29 is 18.0 Å². The van der Waals surface area contributed by atoms with Crippen molar-refractivity contribution in [1.82, 2.24) is 10.2 Å². The van der Waals surface area contributed by atoms with Crippen LogP contribution in [0.5, 0.6) is 0 Å². The smallest absolute Gasteiger partial charge is 0.369 e. The summed E-state index contributed by atoms with van der Waals surface area (Å²) in [6.07, 6.45) is -3.49. The number of carbonyl (C=O) groups excluding carboxylic acids is 1. The third kappa shape index (κ3) is 4.67. The van der Waals surface area contributed by atoms with Gasteiger partial charge in [-0.05, 0) is 42.8 Å². The maximum absolute atomic E-state index is 12.5. The Balaban J connectivity index is 2.01. The van der Waals surface area contributed by atoms with Gasteiger partial charge in [-0.2, -0.15) is 13.2 Å². The molecule has 1 aromatic carbocycles. The SMILES string of the molecule is CCCNc1ccc(NC(=O)c2ccc(C(F)(F)F)cc2)nn1. The van der Waals surface area contributed by atoms with Crippen LogP contribution in [-0.2, 0) is 6.18 Å². The van der Waals surface area contributed by atoms with Gasteiger partial charge >= 0.3 is 6.18 Å². The fraction of sp³-hybridized carbons (Fsp3) is 0.267. The van der Waals surface area contributed by atoms with Crippen LogP contribution >= 0.6 is 0 Å². The van der Waals surface area contributed by atoms with Gasteiger partial charge in [-0.25, -0.2) is 0 Å². The number of carbonyl (C=O) groups is 1. The molecule has 23 heavy (non-hydrogen) atoms. The highest BCUT2D eigenvalue weighted by molar-refractivity contribution is 6.03. The molecule has 2 rings (SSSR count). The quantitative estimate of drug-likeness (QED) is 0.882. The second-order valence-corrected chi connectivity index (χ2v) is 4.76. The average molecular weight is 324 g/mol. The van der Waals surface area contributed by atoms with Crippen LogP contribution in [0.25, 0.3) is 0 Å². The van der Waals surface area contributed by atoms with E-state index in [1.165, 1.54) is 0 Å². The van der Waals surface area contributed by atoms with Crippen molar-refractivity contribution in [3.05, 3.63) is 47.5 Å². The first-order valence-electron chi connectivity index (χ1n) is 6.96. The number of benzene rings is 1. The molecule has 1 aromatic heterocycles.